The maximum absolute atomic E-state index is 5.27. The summed E-state index contributed by atoms with van der Waals surface area (Å²) in [6, 6.07) is 0. The van der Waals surface area contributed by atoms with Crippen LogP contribution in [0.5, 0.6) is 0 Å². The highest BCUT2D eigenvalue weighted by atomic mass is 16.5. The first-order valence-electron chi connectivity index (χ1n) is 3.92. The second kappa shape index (κ2) is 2.65. The SMILES string of the molecule is CC(C)C1(C)CC=COC1. The van der Waals surface area contributed by atoms with E-state index in [4.69, 9.17) is 4.74 Å². The Morgan fingerprint density at radius 3 is 2.50 bits per heavy atom. The first kappa shape index (κ1) is 7.64. The molecule has 0 amide bonds. The van der Waals surface area contributed by atoms with Crippen LogP contribution in [0.2, 0.25) is 0 Å². The summed E-state index contributed by atoms with van der Waals surface area (Å²) >= 11 is 0. The van der Waals surface area contributed by atoms with Crippen LogP contribution < -0.4 is 0 Å². The molecule has 1 heterocycles. The van der Waals surface area contributed by atoms with E-state index >= 15 is 0 Å². The summed E-state index contributed by atoms with van der Waals surface area (Å²) in [7, 11) is 0. The molecule has 0 bridgehead atoms. The molecule has 0 radical (unpaired) electrons. The first-order chi connectivity index (χ1) is 4.65. The van der Waals surface area contributed by atoms with Gasteiger partial charge in [-0.3, -0.25) is 0 Å². The lowest BCUT2D eigenvalue weighted by atomic mass is 9.76. The smallest absolute Gasteiger partial charge is 0.0932 e. The molecule has 0 aliphatic carbocycles. The first-order valence-corrected chi connectivity index (χ1v) is 3.92. The lowest BCUT2D eigenvalue weighted by molar-refractivity contribution is 0.0667. The summed E-state index contributed by atoms with van der Waals surface area (Å²) in [4.78, 5) is 0. The Balaban J connectivity index is 2.59. The molecule has 1 nitrogen and oxygen atoms in total. The second-order valence-corrected chi connectivity index (χ2v) is 3.70. The Hall–Kier alpha value is -0.460. The average molecular weight is 140 g/mol. The molecule has 0 saturated carbocycles. The van der Waals surface area contributed by atoms with Crippen LogP contribution in [0.3, 0.4) is 0 Å². The minimum atomic E-state index is 0.370. The highest BCUT2D eigenvalue weighted by Gasteiger charge is 2.29. The van der Waals surface area contributed by atoms with E-state index in [1.165, 1.54) is 0 Å². The summed E-state index contributed by atoms with van der Waals surface area (Å²) in [6.07, 6.45) is 5.08. The molecular weight excluding hydrogens is 124 g/mol. The number of rotatable bonds is 1. The van der Waals surface area contributed by atoms with Crippen molar-refractivity contribution in [2.45, 2.75) is 27.2 Å². The van der Waals surface area contributed by atoms with Gasteiger partial charge in [-0.2, -0.15) is 0 Å². The van der Waals surface area contributed by atoms with Gasteiger partial charge in [-0.25, -0.2) is 0 Å². The zero-order valence-corrected chi connectivity index (χ0v) is 7.05. The van der Waals surface area contributed by atoms with Crippen molar-refractivity contribution in [3.8, 4) is 0 Å². The highest BCUT2D eigenvalue weighted by Crippen LogP contribution is 2.33. The number of allylic oxidation sites excluding steroid dienone is 1. The predicted molar refractivity (Wildman–Crippen MR) is 42.7 cm³/mol. The molecule has 1 unspecified atom stereocenters. The fourth-order valence-corrected chi connectivity index (χ4v) is 1.09. The molecule has 1 aliphatic rings. The number of hydrogen-bond acceptors (Lipinski definition) is 1. The molecule has 0 aromatic heterocycles. The topological polar surface area (TPSA) is 9.23 Å². The Morgan fingerprint density at radius 2 is 2.20 bits per heavy atom. The van der Waals surface area contributed by atoms with Crippen LogP contribution in [0.4, 0.5) is 0 Å². The van der Waals surface area contributed by atoms with Crippen LogP contribution in [-0.4, -0.2) is 6.61 Å². The Morgan fingerprint density at radius 1 is 1.50 bits per heavy atom. The average Bonchev–Trinajstić information content (AvgIpc) is 1.89. The van der Waals surface area contributed by atoms with Crippen molar-refractivity contribution < 1.29 is 4.74 Å². The standard InChI is InChI=1S/C9H16O/c1-8(2)9(3)5-4-6-10-7-9/h4,6,8H,5,7H2,1-3H3. The molecule has 1 aliphatic heterocycles. The predicted octanol–water partition coefficient (Wildman–Crippen LogP) is 2.58. The number of hydrogen-bond donors (Lipinski definition) is 0. The van der Waals surface area contributed by atoms with Gasteiger partial charge in [0.25, 0.3) is 0 Å². The monoisotopic (exact) mass is 140 g/mol. The van der Waals surface area contributed by atoms with Crippen molar-refractivity contribution in [3.05, 3.63) is 12.3 Å². The molecule has 0 aromatic carbocycles. The minimum Gasteiger partial charge on any atom is -0.501 e. The van der Waals surface area contributed by atoms with E-state index in [9.17, 15) is 0 Å². The summed E-state index contributed by atoms with van der Waals surface area (Å²) in [5, 5.41) is 0. The summed E-state index contributed by atoms with van der Waals surface area (Å²) in [6.45, 7) is 7.66. The van der Waals surface area contributed by atoms with Gasteiger partial charge in [-0.1, -0.05) is 20.8 Å². The van der Waals surface area contributed by atoms with E-state index in [0.717, 1.165) is 13.0 Å². The van der Waals surface area contributed by atoms with Crippen LogP contribution in [0.25, 0.3) is 0 Å². The Kier molecular flexibility index (Phi) is 2.02. The van der Waals surface area contributed by atoms with Crippen molar-refractivity contribution in [1.29, 1.82) is 0 Å². The van der Waals surface area contributed by atoms with Gasteiger partial charge in [0, 0.05) is 5.41 Å². The molecular formula is C9H16O. The molecule has 1 rings (SSSR count). The second-order valence-electron chi connectivity index (χ2n) is 3.70. The normalized spacial score (nSPS) is 32.4. The fraction of sp³-hybridized carbons (Fsp3) is 0.778. The molecule has 58 valence electrons. The lowest BCUT2D eigenvalue weighted by Gasteiger charge is -2.34. The molecule has 1 heteroatoms. The molecule has 1 atom stereocenters. The molecule has 10 heavy (non-hydrogen) atoms. The van der Waals surface area contributed by atoms with Crippen LogP contribution in [-0.2, 0) is 4.74 Å². The van der Waals surface area contributed by atoms with Gasteiger partial charge < -0.3 is 4.74 Å². The lowest BCUT2D eigenvalue weighted by Crippen LogP contribution is -2.29. The third-order valence-electron chi connectivity index (χ3n) is 2.58. The van der Waals surface area contributed by atoms with E-state index < -0.39 is 0 Å². The van der Waals surface area contributed by atoms with Crippen molar-refractivity contribution in [2.24, 2.45) is 11.3 Å². The van der Waals surface area contributed by atoms with Gasteiger partial charge in [0.15, 0.2) is 0 Å². The van der Waals surface area contributed by atoms with Gasteiger partial charge in [0.1, 0.15) is 0 Å². The zero-order chi connectivity index (χ0) is 7.61. The van der Waals surface area contributed by atoms with E-state index in [2.05, 4.69) is 26.8 Å². The fourth-order valence-electron chi connectivity index (χ4n) is 1.09. The third-order valence-corrected chi connectivity index (χ3v) is 2.58. The Labute approximate surface area is 63.1 Å². The maximum atomic E-state index is 5.27. The molecule has 0 aromatic rings. The van der Waals surface area contributed by atoms with Gasteiger partial charge in [0.2, 0.25) is 0 Å². The van der Waals surface area contributed by atoms with E-state index in [1.807, 2.05) is 6.26 Å². The third kappa shape index (κ3) is 1.34. The summed E-state index contributed by atoms with van der Waals surface area (Å²) in [5.74, 6) is 0.706. The number of ether oxygens (including phenoxy) is 1. The van der Waals surface area contributed by atoms with Crippen LogP contribution >= 0.6 is 0 Å². The van der Waals surface area contributed by atoms with Gasteiger partial charge in [0.05, 0.1) is 12.9 Å². The van der Waals surface area contributed by atoms with Crippen molar-refractivity contribution in [2.75, 3.05) is 6.61 Å². The highest BCUT2D eigenvalue weighted by molar-refractivity contribution is 4.91. The van der Waals surface area contributed by atoms with Crippen molar-refractivity contribution >= 4 is 0 Å². The Bertz CT molecular complexity index is 138. The summed E-state index contributed by atoms with van der Waals surface area (Å²) < 4.78 is 5.27. The molecule has 0 N–H and O–H groups in total. The largest absolute Gasteiger partial charge is 0.501 e. The molecule has 0 fully saturated rings. The van der Waals surface area contributed by atoms with Crippen LogP contribution in [0.1, 0.15) is 27.2 Å². The van der Waals surface area contributed by atoms with Crippen LogP contribution in [0.15, 0.2) is 12.3 Å². The van der Waals surface area contributed by atoms with Gasteiger partial charge >= 0.3 is 0 Å². The van der Waals surface area contributed by atoms with E-state index in [0.29, 0.717) is 11.3 Å². The minimum absolute atomic E-state index is 0.370. The van der Waals surface area contributed by atoms with Crippen molar-refractivity contribution in [1.82, 2.24) is 0 Å². The van der Waals surface area contributed by atoms with Crippen molar-refractivity contribution in [3.63, 3.8) is 0 Å². The van der Waals surface area contributed by atoms with Crippen LogP contribution in [0, 0.1) is 11.3 Å². The molecule has 0 spiro atoms. The quantitative estimate of drug-likeness (QED) is 0.544. The van der Waals surface area contributed by atoms with Gasteiger partial charge in [-0.05, 0) is 18.4 Å². The molecule has 0 saturated heterocycles. The van der Waals surface area contributed by atoms with E-state index in [1.54, 1.807) is 0 Å². The maximum Gasteiger partial charge on any atom is 0.0932 e. The van der Waals surface area contributed by atoms with E-state index in [-0.39, 0.29) is 0 Å². The zero-order valence-electron chi connectivity index (χ0n) is 7.05. The summed E-state index contributed by atoms with van der Waals surface area (Å²) in [5.41, 5.74) is 0.370. The van der Waals surface area contributed by atoms with Gasteiger partial charge in [-0.15, -0.1) is 0 Å².